The van der Waals surface area contributed by atoms with Crippen molar-refractivity contribution in [3.63, 3.8) is 0 Å². The maximum atomic E-state index is 12.4. The van der Waals surface area contributed by atoms with E-state index in [1.54, 1.807) is 0 Å². The average molecular weight is 797 g/mol. The number of phosphoric acid groups is 1. The minimum Gasteiger partial charge on any atom is -0.462 e. The van der Waals surface area contributed by atoms with Crippen molar-refractivity contribution in [3.8, 4) is 0 Å². The van der Waals surface area contributed by atoms with Gasteiger partial charge in [-0.2, -0.15) is 0 Å². The molecule has 8 nitrogen and oxygen atoms in total. The fourth-order valence-electron chi connectivity index (χ4n) is 6.57. The van der Waals surface area contributed by atoms with E-state index in [0.29, 0.717) is 6.42 Å². The van der Waals surface area contributed by atoms with E-state index >= 15 is 0 Å². The van der Waals surface area contributed by atoms with E-state index in [1.807, 2.05) is 0 Å². The summed E-state index contributed by atoms with van der Waals surface area (Å²) in [5, 5.41) is 0. The molecule has 0 fully saturated rings. The molecule has 0 heterocycles. The number of allylic oxidation sites excluding steroid dienone is 6. The van der Waals surface area contributed by atoms with Crippen molar-refractivity contribution in [1.29, 1.82) is 0 Å². The monoisotopic (exact) mass is 797 g/mol. The first kappa shape index (κ1) is 53.3. The molecule has 322 valence electrons. The van der Waals surface area contributed by atoms with Crippen molar-refractivity contribution in [2.45, 2.75) is 232 Å². The lowest BCUT2D eigenvalue weighted by atomic mass is 10.0. The maximum absolute atomic E-state index is 12.4. The minimum absolute atomic E-state index is 0.194. The molecule has 0 aromatic heterocycles. The van der Waals surface area contributed by atoms with Crippen molar-refractivity contribution in [2.24, 2.45) is 0 Å². The zero-order valence-electron chi connectivity index (χ0n) is 35.6. The predicted octanol–water partition coefficient (Wildman–Crippen LogP) is 14.1. The largest absolute Gasteiger partial charge is 0.469 e. The van der Waals surface area contributed by atoms with E-state index in [0.717, 1.165) is 70.6 Å². The summed E-state index contributed by atoms with van der Waals surface area (Å²) in [7, 11) is -4.76. The molecular formula is C46H85O8P. The number of carbonyl (C=O) groups excluding carboxylic acids is 2. The van der Waals surface area contributed by atoms with Gasteiger partial charge in [0, 0.05) is 12.8 Å². The van der Waals surface area contributed by atoms with Crippen LogP contribution < -0.4 is 0 Å². The Kier molecular flexibility index (Phi) is 40.6. The first-order chi connectivity index (χ1) is 26.8. The molecule has 0 amide bonds. The molecule has 1 atom stereocenters. The molecule has 0 aliphatic heterocycles. The molecule has 0 aromatic carbocycles. The Labute approximate surface area is 338 Å². The van der Waals surface area contributed by atoms with Crippen LogP contribution in [0.15, 0.2) is 36.5 Å². The standard InChI is InChI=1S/C46H85O8P/c1-3-5-7-9-11-13-15-17-19-20-21-22-23-24-25-27-28-30-32-34-36-38-40-45(47)52-42-44(43-53-55(49,50)51)54-46(48)41-39-37-35-33-31-29-26-18-16-14-12-10-8-6-4-2/h6,8,12,14,18,26,44H,3-5,7,9-11,13,15-17,19-25,27-43H2,1-2H3,(H2,49,50,51)/b8-6-,14-12-,26-18-. The Bertz CT molecular complexity index is 988. The Morgan fingerprint density at radius 2 is 0.873 bits per heavy atom. The molecule has 0 saturated heterocycles. The average Bonchev–Trinajstić information content (AvgIpc) is 3.16. The third-order valence-corrected chi connectivity index (χ3v) is 10.4. The maximum Gasteiger partial charge on any atom is 0.469 e. The summed E-state index contributed by atoms with van der Waals surface area (Å²) in [6.07, 6.45) is 50.2. The van der Waals surface area contributed by atoms with E-state index in [4.69, 9.17) is 19.3 Å². The SMILES string of the molecule is CC/C=C\C/C=C\C/C=C\CCCCCCCC(=O)OC(COC(=O)CCCCCCCCCCCCCCCCCCCCCCCC)COP(=O)(O)O. The van der Waals surface area contributed by atoms with Gasteiger partial charge in [0.2, 0.25) is 0 Å². The molecular weight excluding hydrogens is 711 g/mol. The molecule has 0 aliphatic carbocycles. The minimum atomic E-state index is -4.76. The zero-order chi connectivity index (χ0) is 40.3. The second kappa shape index (κ2) is 41.9. The topological polar surface area (TPSA) is 119 Å². The van der Waals surface area contributed by atoms with Crippen LogP contribution in [0.1, 0.15) is 226 Å². The highest BCUT2D eigenvalue weighted by molar-refractivity contribution is 7.46. The van der Waals surface area contributed by atoms with Crippen molar-refractivity contribution in [1.82, 2.24) is 0 Å². The van der Waals surface area contributed by atoms with E-state index in [-0.39, 0.29) is 19.4 Å². The van der Waals surface area contributed by atoms with Gasteiger partial charge in [0.25, 0.3) is 0 Å². The lowest BCUT2D eigenvalue weighted by Gasteiger charge is -2.18. The summed E-state index contributed by atoms with van der Waals surface area (Å²) in [6.45, 7) is 3.59. The first-order valence-corrected chi connectivity index (χ1v) is 24.3. The third kappa shape index (κ3) is 44.8. The third-order valence-electron chi connectivity index (χ3n) is 9.92. The van der Waals surface area contributed by atoms with Gasteiger partial charge in [-0.05, 0) is 44.9 Å². The molecule has 55 heavy (non-hydrogen) atoms. The van der Waals surface area contributed by atoms with Crippen molar-refractivity contribution in [2.75, 3.05) is 13.2 Å². The van der Waals surface area contributed by atoms with Crippen LogP contribution >= 0.6 is 7.82 Å². The van der Waals surface area contributed by atoms with E-state index in [1.165, 1.54) is 122 Å². The zero-order valence-corrected chi connectivity index (χ0v) is 36.5. The van der Waals surface area contributed by atoms with Gasteiger partial charge in [0.1, 0.15) is 6.61 Å². The van der Waals surface area contributed by atoms with E-state index < -0.39 is 32.5 Å². The quantitative estimate of drug-likeness (QED) is 0.0271. The van der Waals surface area contributed by atoms with Crippen molar-refractivity contribution < 1.29 is 37.9 Å². The molecule has 0 rings (SSSR count). The lowest BCUT2D eigenvalue weighted by Crippen LogP contribution is -2.29. The molecule has 0 bridgehead atoms. The highest BCUT2D eigenvalue weighted by atomic mass is 31.2. The number of unbranched alkanes of at least 4 members (excludes halogenated alkanes) is 26. The highest BCUT2D eigenvalue weighted by Crippen LogP contribution is 2.36. The van der Waals surface area contributed by atoms with Crippen LogP contribution in [0.2, 0.25) is 0 Å². The molecule has 0 saturated carbocycles. The van der Waals surface area contributed by atoms with Crippen molar-refractivity contribution >= 4 is 19.8 Å². The highest BCUT2D eigenvalue weighted by Gasteiger charge is 2.22. The number of rotatable bonds is 42. The van der Waals surface area contributed by atoms with Gasteiger partial charge in [-0.25, -0.2) is 4.57 Å². The molecule has 9 heteroatoms. The summed E-state index contributed by atoms with van der Waals surface area (Å²) in [5.74, 6) is -0.896. The molecule has 2 N–H and O–H groups in total. The Balaban J connectivity index is 3.83. The summed E-state index contributed by atoms with van der Waals surface area (Å²) < 4.78 is 26.4. The predicted molar refractivity (Wildman–Crippen MR) is 230 cm³/mol. The number of hydrogen-bond donors (Lipinski definition) is 2. The van der Waals surface area contributed by atoms with Crippen LogP contribution in [0.25, 0.3) is 0 Å². The summed E-state index contributed by atoms with van der Waals surface area (Å²) in [5.41, 5.74) is 0. The van der Waals surface area contributed by atoms with Crippen LogP contribution in [0.5, 0.6) is 0 Å². The smallest absolute Gasteiger partial charge is 0.462 e. The Morgan fingerprint density at radius 3 is 1.31 bits per heavy atom. The van der Waals surface area contributed by atoms with Gasteiger partial charge in [-0.1, -0.05) is 204 Å². The van der Waals surface area contributed by atoms with Crippen LogP contribution in [-0.4, -0.2) is 41.0 Å². The van der Waals surface area contributed by atoms with Gasteiger partial charge >= 0.3 is 19.8 Å². The summed E-state index contributed by atoms with van der Waals surface area (Å²) in [4.78, 5) is 42.9. The number of esters is 2. The molecule has 0 spiro atoms. The first-order valence-electron chi connectivity index (χ1n) is 22.8. The number of phosphoric ester groups is 1. The number of carbonyl (C=O) groups is 2. The molecule has 0 aromatic rings. The summed E-state index contributed by atoms with van der Waals surface area (Å²) >= 11 is 0. The van der Waals surface area contributed by atoms with Crippen LogP contribution in [0.3, 0.4) is 0 Å². The van der Waals surface area contributed by atoms with Crippen molar-refractivity contribution in [3.05, 3.63) is 36.5 Å². The number of ether oxygens (including phenoxy) is 2. The van der Waals surface area contributed by atoms with Crippen LogP contribution in [0.4, 0.5) is 0 Å². The molecule has 0 radical (unpaired) electrons. The summed E-state index contributed by atoms with van der Waals surface area (Å²) in [6, 6.07) is 0. The van der Waals surface area contributed by atoms with Gasteiger partial charge < -0.3 is 19.3 Å². The van der Waals surface area contributed by atoms with E-state index in [9.17, 15) is 14.2 Å². The van der Waals surface area contributed by atoms with Crippen LogP contribution in [-0.2, 0) is 28.2 Å². The second-order valence-electron chi connectivity index (χ2n) is 15.4. The van der Waals surface area contributed by atoms with Gasteiger partial charge in [0.05, 0.1) is 6.61 Å². The molecule has 1 unspecified atom stereocenters. The Morgan fingerprint density at radius 1 is 0.491 bits per heavy atom. The van der Waals surface area contributed by atoms with Crippen LogP contribution in [0, 0.1) is 0 Å². The Hall–Kier alpha value is -1.73. The molecule has 0 aliphatic rings. The second-order valence-corrected chi connectivity index (χ2v) is 16.6. The van der Waals surface area contributed by atoms with Gasteiger partial charge in [-0.15, -0.1) is 0 Å². The number of hydrogen-bond acceptors (Lipinski definition) is 6. The fourth-order valence-corrected chi connectivity index (χ4v) is 6.93. The van der Waals surface area contributed by atoms with Gasteiger partial charge in [-0.3, -0.25) is 14.1 Å². The lowest BCUT2D eigenvalue weighted by molar-refractivity contribution is -0.161. The normalized spacial score (nSPS) is 12.7. The van der Waals surface area contributed by atoms with Gasteiger partial charge in [0.15, 0.2) is 6.10 Å². The fraction of sp³-hybridized carbons (Fsp3) is 0.826. The van der Waals surface area contributed by atoms with E-state index in [2.05, 4.69) is 54.8 Å².